The van der Waals surface area contributed by atoms with Crippen LogP contribution in [0.4, 0.5) is 0 Å². The van der Waals surface area contributed by atoms with Crippen molar-refractivity contribution in [1.29, 1.82) is 0 Å². The minimum absolute atomic E-state index is 0.00224. The zero-order chi connectivity index (χ0) is 17.2. The molecular weight excluding hydrogens is 330 g/mol. The molecule has 0 spiro atoms. The van der Waals surface area contributed by atoms with Gasteiger partial charge in [0.1, 0.15) is 23.1 Å². The van der Waals surface area contributed by atoms with Gasteiger partial charge in [0.05, 0.1) is 20.3 Å². The van der Waals surface area contributed by atoms with E-state index in [9.17, 15) is 8.42 Å². The average molecular weight is 349 g/mol. The van der Waals surface area contributed by atoms with Gasteiger partial charge in [0, 0.05) is 12.6 Å². The van der Waals surface area contributed by atoms with Crippen LogP contribution in [0.15, 0.2) is 53.4 Å². The number of rotatable bonds is 5. The molecule has 1 atom stereocenters. The lowest BCUT2D eigenvalue weighted by Gasteiger charge is -2.17. The number of hydrogen-bond donors (Lipinski definition) is 0. The van der Waals surface area contributed by atoms with E-state index in [1.54, 1.807) is 12.1 Å². The monoisotopic (exact) mass is 349 g/mol. The van der Waals surface area contributed by atoms with Crippen LogP contribution in [0.1, 0.15) is 11.7 Å². The maximum atomic E-state index is 13.0. The third kappa shape index (κ3) is 3.10. The lowest BCUT2D eigenvalue weighted by molar-refractivity contribution is 0.104. The van der Waals surface area contributed by atoms with Crippen molar-refractivity contribution in [3.05, 3.63) is 54.1 Å². The van der Waals surface area contributed by atoms with E-state index in [0.717, 1.165) is 5.56 Å². The summed E-state index contributed by atoms with van der Waals surface area (Å²) >= 11 is 0. The molecule has 1 fully saturated rings. The molecule has 0 aromatic heterocycles. The summed E-state index contributed by atoms with van der Waals surface area (Å²) in [7, 11) is -0.824. The van der Waals surface area contributed by atoms with Crippen LogP contribution in [-0.4, -0.2) is 40.2 Å². The van der Waals surface area contributed by atoms with Crippen LogP contribution in [0.25, 0.3) is 0 Å². The first-order chi connectivity index (χ1) is 11.6. The van der Waals surface area contributed by atoms with Gasteiger partial charge in [0.2, 0.25) is 10.0 Å². The highest BCUT2D eigenvalue weighted by Gasteiger charge is 2.35. The van der Waals surface area contributed by atoms with E-state index < -0.39 is 10.0 Å². The molecule has 6 nitrogen and oxygen atoms in total. The lowest BCUT2D eigenvalue weighted by atomic mass is 10.1. The number of benzene rings is 2. The van der Waals surface area contributed by atoms with Crippen LogP contribution >= 0.6 is 0 Å². The van der Waals surface area contributed by atoms with Gasteiger partial charge in [-0.2, -0.15) is 4.31 Å². The summed E-state index contributed by atoms with van der Waals surface area (Å²) in [5.41, 5.74) is 0.952. The van der Waals surface area contributed by atoms with Gasteiger partial charge >= 0.3 is 0 Å². The zero-order valence-electron chi connectivity index (χ0n) is 13.5. The Balaban J connectivity index is 1.89. The maximum absolute atomic E-state index is 13.0. The fourth-order valence-electron chi connectivity index (χ4n) is 2.62. The molecule has 2 aromatic rings. The van der Waals surface area contributed by atoms with Crippen molar-refractivity contribution in [2.45, 2.75) is 11.0 Å². The van der Waals surface area contributed by atoms with Crippen molar-refractivity contribution >= 4 is 10.0 Å². The van der Waals surface area contributed by atoms with Crippen molar-refractivity contribution in [3.63, 3.8) is 0 Å². The Bertz CT molecular complexity index is 807. The highest BCUT2D eigenvalue weighted by Crippen LogP contribution is 2.34. The molecule has 3 rings (SSSR count). The fourth-order valence-corrected chi connectivity index (χ4v) is 4.11. The summed E-state index contributed by atoms with van der Waals surface area (Å²) in [4.78, 5) is 0.0710. The Labute approximate surface area is 141 Å². The molecular formula is C17H19NO5S. The Morgan fingerprint density at radius 1 is 1.08 bits per heavy atom. The maximum Gasteiger partial charge on any atom is 0.248 e. The standard InChI is InChI=1S/C17H19NO5S/c1-21-14-8-9-15(22-2)17(10-14)24(19,20)18-11-16(23-12-18)13-6-4-3-5-7-13/h3-10,16H,11-12H2,1-2H3. The van der Waals surface area contributed by atoms with Crippen molar-refractivity contribution in [3.8, 4) is 11.5 Å². The van der Waals surface area contributed by atoms with Crippen LogP contribution in [-0.2, 0) is 14.8 Å². The Kier molecular flexibility index (Phi) is 4.75. The highest BCUT2D eigenvalue weighted by molar-refractivity contribution is 7.89. The SMILES string of the molecule is COc1ccc(OC)c(S(=O)(=O)N2COC(c3ccccc3)C2)c1. The van der Waals surface area contributed by atoms with E-state index in [1.807, 2.05) is 30.3 Å². The van der Waals surface area contributed by atoms with Gasteiger partial charge in [-0.05, 0) is 17.7 Å². The predicted octanol–water partition coefficient (Wildman–Crippen LogP) is 2.42. The molecule has 0 aliphatic carbocycles. The molecule has 1 saturated heterocycles. The van der Waals surface area contributed by atoms with Gasteiger partial charge in [0.25, 0.3) is 0 Å². The molecule has 0 saturated carbocycles. The molecule has 0 radical (unpaired) electrons. The smallest absolute Gasteiger partial charge is 0.248 e. The van der Waals surface area contributed by atoms with E-state index in [2.05, 4.69) is 0 Å². The quantitative estimate of drug-likeness (QED) is 0.829. The Morgan fingerprint density at radius 2 is 1.83 bits per heavy atom. The van der Waals surface area contributed by atoms with E-state index in [-0.39, 0.29) is 30.0 Å². The normalized spacial score (nSPS) is 18.5. The summed E-state index contributed by atoms with van der Waals surface area (Å²) in [5, 5.41) is 0. The molecule has 0 bridgehead atoms. The largest absolute Gasteiger partial charge is 0.497 e. The van der Waals surface area contributed by atoms with Gasteiger partial charge < -0.3 is 14.2 Å². The molecule has 7 heteroatoms. The van der Waals surface area contributed by atoms with Crippen LogP contribution in [0.2, 0.25) is 0 Å². The third-order valence-electron chi connectivity index (χ3n) is 3.95. The second-order valence-corrected chi connectivity index (χ2v) is 7.26. The molecule has 0 N–H and O–H groups in total. The summed E-state index contributed by atoms with van der Waals surface area (Å²) in [6.07, 6.45) is -0.280. The number of nitrogens with zero attached hydrogens (tertiary/aromatic N) is 1. The minimum Gasteiger partial charge on any atom is -0.497 e. The number of methoxy groups -OCH3 is 2. The van der Waals surface area contributed by atoms with Crippen LogP contribution in [0.5, 0.6) is 11.5 Å². The number of hydrogen-bond acceptors (Lipinski definition) is 5. The topological polar surface area (TPSA) is 65.1 Å². The summed E-state index contributed by atoms with van der Waals surface area (Å²) < 4.78 is 43.2. The first kappa shape index (κ1) is 16.8. The van der Waals surface area contributed by atoms with Gasteiger partial charge in [-0.15, -0.1) is 0 Å². The average Bonchev–Trinajstić information content (AvgIpc) is 3.13. The molecule has 1 aliphatic heterocycles. The molecule has 1 aliphatic rings. The lowest BCUT2D eigenvalue weighted by Crippen LogP contribution is -2.29. The Morgan fingerprint density at radius 3 is 2.50 bits per heavy atom. The van der Waals surface area contributed by atoms with Crippen molar-refractivity contribution in [1.82, 2.24) is 4.31 Å². The highest BCUT2D eigenvalue weighted by atomic mass is 32.2. The van der Waals surface area contributed by atoms with E-state index in [0.29, 0.717) is 5.75 Å². The fraction of sp³-hybridized carbons (Fsp3) is 0.294. The molecule has 1 heterocycles. The first-order valence-corrected chi connectivity index (χ1v) is 8.89. The summed E-state index contributed by atoms with van der Waals surface area (Å²) in [5.74, 6) is 0.730. The van der Waals surface area contributed by atoms with E-state index >= 15 is 0 Å². The molecule has 128 valence electrons. The van der Waals surface area contributed by atoms with Crippen LogP contribution < -0.4 is 9.47 Å². The Hall–Kier alpha value is -2.09. The van der Waals surface area contributed by atoms with Gasteiger partial charge in [-0.3, -0.25) is 0 Å². The van der Waals surface area contributed by atoms with E-state index in [1.165, 1.54) is 24.6 Å². The molecule has 24 heavy (non-hydrogen) atoms. The summed E-state index contributed by atoms with van der Waals surface area (Å²) in [6, 6.07) is 14.3. The van der Waals surface area contributed by atoms with Gasteiger partial charge in [-0.25, -0.2) is 8.42 Å². The van der Waals surface area contributed by atoms with Gasteiger partial charge in [0.15, 0.2) is 0 Å². The second kappa shape index (κ2) is 6.80. The number of sulfonamides is 1. The zero-order valence-corrected chi connectivity index (χ0v) is 14.3. The molecule has 2 aromatic carbocycles. The second-order valence-electron chi connectivity index (χ2n) is 5.35. The first-order valence-electron chi connectivity index (χ1n) is 7.45. The molecule has 0 amide bonds. The summed E-state index contributed by atoms with van der Waals surface area (Å²) in [6.45, 7) is 0.259. The number of ether oxygens (including phenoxy) is 3. The predicted molar refractivity (Wildman–Crippen MR) is 88.6 cm³/mol. The van der Waals surface area contributed by atoms with E-state index in [4.69, 9.17) is 14.2 Å². The molecule has 1 unspecified atom stereocenters. The van der Waals surface area contributed by atoms with Crippen molar-refractivity contribution in [2.75, 3.05) is 27.5 Å². The minimum atomic E-state index is -3.75. The van der Waals surface area contributed by atoms with Crippen molar-refractivity contribution in [2.24, 2.45) is 0 Å². The van der Waals surface area contributed by atoms with Gasteiger partial charge in [-0.1, -0.05) is 30.3 Å². The third-order valence-corrected chi connectivity index (χ3v) is 5.76. The van der Waals surface area contributed by atoms with Crippen LogP contribution in [0, 0.1) is 0 Å². The van der Waals surface area contributed by atoms with Crippen molar-refractivity contribution < 1.29 is 22.6 Å². The van der Waals surface area contributed by atoms with Crippen LogP contribution in [0.3, 0.4) is 0 Å².